The highest BCUT2D eigenvalue weighted by Crippen LogP contribution is 2.25. The van der Waals surface area contributed by atoms with Crippen LogP contribution in [0.4, 0.5) is 4.39 Å². The third-order valence-electron chi connectivity index (χ3n) is 2.94. The van der Waals surface area contributed by atoms with Crippen LogP contribution < -0.4 is 5.73 Å². The first-order valence-corrected chi connectivity index (χ1v) is 6.68. The molecule has 2 aromatic rings. The molecule has 0 radical (unpaired) electrons. The minimum Gasteiger partial charge on any atom is -0.324 e. The number of halogens is 3. The predicted molar refractivity (Wildman–Crippen MR) is 78.2 cm³/mol. The second-order valence-corrected chi connectivity index (χ2v) is 5.45. The molecule has 0 spiro atoms. The van der Waals surface area contributed by atoms with Gasteiger partial charge in [0.25, 0.3) is 0 Å². The second kappa shape index (κ2) is 5.91. The minimum absolute atomic E-state index is 0.275. The fraction of sp³-hybridized carbons (Fsp3) is 0.200. The van der Waals surface area contributed by atoms with Crippen molar-refractivity contribution in [1.29, 1.82) is 0 Å². The Bertz CT molecular complexity index is 578. The first kappa shape index (κ1) is 14.3. The van der Waals surface area contributed by atoms with Crippen LogP contribution in [0.25, 0.3) is 0 Å². The SMILES string of the molecule is Cc1cc(F)cc(C(N)Cc2cc(Cl)ccc2Cl)c1. The van der Waals surface area contributed by atoms with Crippen molar-refractivity contribution in [2.75, 3.05) is 0 Å². The van der Waals surface area contributed by atoms with Crippen LogP contribution in [-0.2, 0) is 6.42 Å². The van der Waals surface area contributed by atoms with Crippen LogP contribution >= 0.6 is 23.2 Å². The van der Waals surface area contributed by atoms with Crippen molar-refractivity contribution in [3.8, 4) is 0 Å². The van der Waals surface area contributed by atoms with Crippen LogP contribution in [0.15, 0.2) is 36.4 Å². The Morgan fingerprint density at radius 3 is 2.58 bits per heavy atom. The molecular weight excluding hydrogens is 284 g/mol. The zero-order valence-electron chi connectivity index (χ0n) is 10.5. The summed E-state index contributed by atoms with van der Waals surface area (Å²) in [6.45, 7) is 1.84. The number of hydrogen-bond acceptors (Lipinski definition) is 1. The molecule has 0 bridgehead atoms. The van der Waals surface area contributed by atoms with Gasteiger partial charge in [0.1, 0.15) is 5.82 Å². The zero-order valence-corrected chi connectivity index (χ0v) is 12.0. The molecule has 0 saturated carbocycles. The van der Waals surface area contributed by atoms with Crippen LogP contribution in [-0.4, -0.2) is 0 Å². The van der Waals surface area contributed by atoms with Gasteiger partial charge in [0.05, 0.1) is 0 Å². The number of aryl methyl sites for hydroxylation is 1. The molecule has 0 fully saturated rings. The lowest BCUT2D eigenvalue weighted by Crippen LogP contribution is -2.14. The monoisotopic (exact) mass is 297 g/mol. The van der Waals surface area contributed by atoms with Crippen molar-refractivity contribution >= 4 is 23.2 Å². The minimum atomic E-state index is -0.314. The van der Waals surface area contributed by atoms with Crippen LogP contribution in [0, 0.1) is 12.7 Å². The van der Waals surface area contributed by atoms with E-state index in [1.54, 1.807) is 18.2 Å². The molecule has 1 atom stereocenters. The molecule has 1 unspecified atom stereocenters. The van der Waals surface area contributed by atoms with Gasteiger partial charge in [0.2, 0.25) is 0 Å². The summed E-state index contributed by atoms with van der Waals surface area (Å²) >= 11 is 12.0. The number of nitrogens with two attached hydrogens (primary N) is 1. The van der Waals surface area contributed by atoms with E-state index in [2.05, 4.69) is 0 Å². The molecule has 0 heterocycles. The van der Waals surface area contributed by atoms with Crippen molar-refractivity contribution in [2.24, 2.45) is 5.73 Å². The van der Waals surface area contributed by atoms with E-state index in [-0.39, 0.29) is 11.9 Å². The summed E-state index contributed by atoms with van der Waals surface area (Å²) in [4.78, 5) is 0. The maximum Gasteiger partial charge on any atom is 0.123 e. The highest BCUT2D eigenvalue weighted by molar-refractivity contribution is 6.33. The highest BCUT2D eigenvalue weighted by Gasteiger charge is 2.11. The van der Waals surface area contributed by atoms with Crippen LogP contribution in [0.2, 0.25) is 10.0 Å². The van der Waals surface area contributed by atoms with E-state index in [0.29, 0.717) is 16.5 Å². The molecule has 0 aliphatic carbocycles. The summed E-state index contributed by atoms with van der Waals surface area (Å²) in [5.41, 5.74) is 8.59. The number of benzene rings is 2. The second-order valence-electron chi connectivity index (χ2n) is 4.61. The third-order valence-corrected chi connectivity index (χ3v) is 3.54. The summed E-state index contributed by atoms with van der Waals surface area (Å²) in [7, 11) is 0. The standard InChI is InChI=1S/C15H14Cl2FN/c1-9-4-11(7-13(18)5-9)15(19)8-10-6-12(16)2-3-14(10)17/h2-7,15H,8,19H2,1H3. The van der Waals surface area contributed by atoms with E-state index in [1.807, 2.05) is 13.0 Å². The molecule has 2 rings (SSSR count). The van der Waals surface area contributed by atoms with Crippen molar-refractivity contribution in [3.63, 3.8) is 0 Å². The van der Waals surface area contributed by atoms with E-state index >= 15 is 0 Å². The normalized spacial score (nSPS) is 12.5. The maximum absolute atomic E-state index is 13.4. The molecule has 2 N–H and O–H groups in total. The molecule has 19 heavy (non-hydrogen) atoms. The maximum atomic E-state index is 13.4. The third kappa shape index (κ3) is 3.69. The largest absolute Gasteiger partial charge is 0.324 e. The molecule has 100 valence electrons. The van der Waals surface area contributed by atoms with Crippen molar-refractivity contribution in [3.05, 3.63) is 69.0 Å². The van der Waals surface area contributed by atoms with E-state index in [1.165, 1.54) is 12.1 Å². The average Bonchev–Trinajstić information content (AvgIpc) is 2.32. The van der Waals surface area contributed by atoms with Gasteiger partial charge in [-0.2, -0.15) is 0 Å². The van der Waals surface area contributed by atoms with Gasteiger partial charge in [0, 0.05) is 16.1 Å². The van der Waals surface area contributed by atoms with Gasteiger partial charge >= 0.3 is 0 Å². The lowest BCUT2D eigenvalue weighted by Gasteiger charge is -2.14. The Morgan fingerprint density at radius 1 is 1.16 bits per heavy atom. The average molecular weight is 298 g/mol. The summed E-state index contributed by atoms with van der Waals surface area (Å²) in [6, 6.07) is 9.75. The topological polar surface area (TPSA) is 26.0 Å². The Morgan fingerprint density at radius 2 is 1.89 bits per heavy atom. The van der Waals surface area contributed by atoms with Gasteiger partial charge in [-0.25, -0.2) is 4.39 Å². The predicted octanol–water partition coefficient (Wildman–Crippen LogP) is 4.68. The van der Waals surface area contributed by atoms with Gasteiger partial charge in [0.15, 0.2) is 0 Å². The van der Waals surface area contributed by atoms with Gasteiger partial charge in [-0.3, -0.25) is 0 Å². The summed E-state index contributed by atoms with van der Waals surface area (Å²) in [5.74, 6) is -0.275. The lowest BCUT2D eigenvalue weighted by atomic mass is 9.98. The van der Waals surface area contributed by atoms with E-state index < -0.39 is 0 Å². The van der Waals surface area contributed by atoms with E-state index in [4.69, 9.17) is 28.9 Å². The highest BCUT2D eigenvalue weighted by atomic mass is 35.5. The fourth-order valence-electron chi connectivity index (χ4n) is 2.03. The molecule has 0 aromatic heterocycles. The van der Waals surface area contributed by atoms with Gasteiger partial charge in [-0.1, -0.05) is 29.3 Å². The quantitative estimate of drug-likeness (QED) is 0.874. The summed E-state index contributed by atoms with van der Waals surface area (Å²) in [5, 5.41) is 1.23. The van der Waals surface area contributed by atoms with Gasteiger partial charge in [-0.05, 0) is 60.4 Å². The molecule has 2 aromatic carbocycles. The Hall–Kier alpha value is -1.09. The fourth-order valence-corrected chi connectivity index (χ4v) is 2.42. The van der Waals surface area contributed by atoms with Crippen LogP contribution in [0.3, 0.4) is 0 Å². The molecule has 0 saturated heterocycles. The van der Waals surface area contributed by atoms with Gasteiger partial charge < -0.3 is 5.73 Å². The lowest BCUT2D eigenvalue weighted by molar-refractivity contribution is 0.617. The van der Waals surface area contributed by atoms with Crippen LogP contribution in [0.1, 0.15) is 22.7 Å². The first-order chi connectivity index (χ1) is 8.95. The molecule has 4 heteroatoms. The summed E-state index contributed by atoms with van der Waals surface area (Å²) < 4.78 is 13.4. The van der Waals surface area contributed by atoms with Crippen molar-refractivity contribution in [1.82, 2.24) is 0 Å². The smallest absolute Gasteiger partial charge is 0.123 e. The Balaban J connectivity index is 2.25. The summed E-state index contributed by atoms with van der Waals surface area (Å²) in [6.07, 6.45) is 0.516. The number of rotatable bonds is 3. The van der Waals surface area contributed by atoms with E-state index in [9.17, 15) is 4.39 Å². The Labute approximate surface area is 122 Å². The molecular formula is C15H14Cl2FN. The zero-order chi connectivity index (χ0) is 14.0. The number of hydrogen-bond donors (Lipinski definition) is 1. The molecule has 0 amide bonds. The Kier molecular flexibility index (Phi) is 4.46. The van der Waals surface area contributed by atoms with Crippen molar-refractivity contribution < 1.29 is 4.39 Å². The molecule has 0 aliphatic rings. The van der Waals surface area contributed by atoms with Crippen molar-refractivity contribution in [2.45, 2.75) is 19.4 Å². The molecule has 0 aliphatic heterocycles. The molecule has 1 nitrogen and oxygen atoms in total. The van der Waals surface area contributed by atoms with E-state index in [0.717, 1.165) is 16.7 Å². The van der Waals surface area contributed by atoms with Gasteiger partial charge in [-0.15, -0.1) is 0 Å². The van der Waals surface area contributed by atoms with Crippen LogP contribution in [0.5, 0.6) is 0 Å². The first-order valence-electron chi connectivity index (χ1n) is 5.92.